The predicted octanol–water partition coefficient (Wildman–Crippen LogP) is 4.21. The van der Waals surface area contributed by atoms with Crippen molar-refractivity contribution in [3.05, 3.63) is 64.9 Å². The normalized spacial score (nSPS) is 20.5. The van der Waals surface area contributed by atoms with Gasteiger partial charge in [-0.25, -0.2) is 4.79 Å². The highest BCUT2D eigenvalue weighted by atomic mass is 32.1. The van der Waals surface area contributed by atoms with Crippen LogP contribution in [-0.2, 0) is 25.7 Å². The van der Waals surface area contributed by atoms with E-state index in [1.165, 1.54) is 0 Å². The summed E-state index contributed by atoms with van der Waals surface area (Å²) in [6, 6.07) is 13.1. The first-order valence-electron chi connectivity index (χ1n) is 11.7. The number of hydrogen-bond acceptors (Lipinski definition) is 8. The van der Waals surface area contributed by atoms with E-state index in [0.29, 0.717) is 30.2 Å². The summed E-state index contributed by atoms with van der Waals surface area (Å²) in [5.41, 5.74) is 4.27. The number of amides is 1. The molecule has 0 aliphatic carbocycles. The third kappa shape index (κ3) is 4.78. The van der Waals surface area contributed by atoms with E-state index in [4.69, 9.17) is 14.2 Å². The number of carbonyl (C=O) groups excluding carboxylic acids is 2. The van der Waals surface area contributed by atoms with Gasteiger partial charge in [-0.05, 0) is 43.5 Å². The van der Waals surface area contributed by atoms with Crippen LogP contribution in [0.3, 0.4) is 0 Å². The van der Waals surface area contributed by atoms with Crippen LogP contribution in [0, 0.1) is 0 Å². The first-order chi connectivity index (χ1) is 17.0. The Labute approximate surface area is 207 Å². The Morgan fingerprint density at radius 2 is 2.03 bits per heavy atom. The van der Waals surface area contributed by atoms with E-state index in [1.54, 1.807) is 12.0 Å². The van der Waals surface area contributed by atoms with Crippen molar-refractivity contribution in [2.24, 2.45) is 0 Å². The van der Waals surface area contributed by atoms with Gasteiger partial charge in [0.15, 0.2) is 0 Å². The quantitative estimate of drug-likeness (QED) is 0.455. The minimum absolute atomic E-state index is 0.0197. The molecule has 2 aromatic carbocycles. The van der Waals surface area contributed by atoms with Crippen molar-refractivity contribution in [2.75, 3.05) is 20.3 Å². The number of ether oxygens (including phenoxy) is 3. The second-order valence-corrected chi connectivity index (χ2v) is 9.32. The highest BCUT2D eigenvalue weighted by Crippen LogP contribution is 2.38. The first-order valence-corrected chi connectivity index (χ1v) is 12.4. The minimum Gasteiger partial charge on any atom is -0.496 e. The van der Waals surface area contributed by atoms with Crippen molar-refractivity contribution in [2.45, 2.75) is 44.8 Å². The molecule has 1 amide bonds. The molecule has 1 saturated heterocycles. The van der Waals surface area contributed by atoms with Gasteiger partial charge in [0.05, 0.1) is 37.1 Å². The van der Waals surface area contributed by atoms with Gasteiger partial charge in [0.25, 0.3) is 0 Å². The summed E-state index contributed by atoms with van der Waals surface area (Å²) in [7, 11) is 1.59. The van der Waals surface area contributed by atoms with Gasteiger partial charge in [-0.15, -0.1) is 0 Å². The smallest absolute Gasteiger partial charge is 0.336 e. The third-order valence-corrected chi connectivity index (χ3v) is 7.24. The number of carbonyl (C=O) groups is 2. The summed E-state index contributed by atoms with van der Waals surface area (Å²) in [5.74, 6) is -0.247. The maximum absolute atomic E-state index is 13.6. The van der Waals surface area contributed by atoms with Gasteiger partial charge in [-0.1, -0.05) is 24.3 Å². The molecule has 0 saturated carbocycles. The maximum atomic E-state index is 13.6. The number of para-hydroxylation sites is 1. The number of allylic oxidation sites excluding steroid dienone is 1. The van der Waals surface area contributed by atoms with E-state index < -0.39 is 11.9 Å². The molecule has 3 aromatic rings. The van der Waals surface area contributed by atoms with Gasteiger partial charge in [0.1, 0.15) is 23.4 Å². The number of nitrogens with zero attached hydrogens (tertiary/aromatic N) is 3. The average Bonchev–Trinajstić information content (AvgIpc) is 3.56. The highest BCUT2D eigenvalue weighted by Gasteiger charge is 2.38. The number of fused-ring (bicyclic) bond motifs is 1. The zero-order chi connectivity index (χ0) is 24.4. The Hall–Kier alpha value is -3.30. The molecule has 0 bridgehead atoms. The molecule has 5 rings (SSSR count). The second-order valence-electron chi connectivity index (χ2n) is 8.80. The van der Waals surface area contributed by atoms with E-state index in [0.717, 1.165) is 46.7 Å². The van der Waals surface area contributed by atoms with Crippen LogP contribution < -0.4 is 4.74 Å². The lowest BCUT2D eigenvalue weighted by molar-refractivity contribution is -0.141. The van der Waals surface area contributed by atoms with Gasteiger partial charge in [0.2, 0.25) is 5.91 Å². The van der Waals surface area contributed by atoms with Crippen LogP contribution in [0.25, 0.3) is 11.0 Å². The first kappa shape index (κ1) is 23.4. The fourth-order valence-electron chi connectivity index (χ4n) is 4.84. The molecule has 2 atom stereocenters. The lowest BCUT2D eigenvalue weighted by Crippen LogP contribution is -2.42. The van der Waals surface area contributed by atoms with Crippen molar-refractivity contribution < 1.29 is 23.8 Å². The molecule has 1 aromatic heterocycles. The zero-order valence-corrected chi connectivity index (χ0v) is 20.5. The number of hydrogen-bond donors (Lipinski definition) is 0. The van der Waals surface area contributed by atoms with Gasteiger partial charge in [-0.3, -0.25) is 4.79 Å². The molecule has 182 valence electrons. The van der Waals surface area contributed by atoms with Crippen LogP contribution in [0.5, 0.6) is 5.75 Å². The maximum Gasteiger partial charge on any atom is 0.336 e. The molecule has 1 fully saturated rings. The lowest BCUT2D eigenvalue weighted by atomic mass is 9.83. The molecular formula is C26H27N3O5S. The SMILES string of the molecule is COc1ccccc1COC(=O)C1=C(C)N(C[C@@H]2CCCO2)C(=O)C[C@@H]1c1ccc2nsnc2c1. The molecule has 8 nitrogen and oxygen atoms in total. The van der Waals surface area contributed by atoms with Crippen molar-refractivity contribution in [1.29, 1.82) is 0 Å². The van der Waals surface area contributed by atoms with Gasteiger partial charge in [0, 0.05) is 30.2 Å². The second kappa shape index (κ2) is 10.1. The molecule has 35 heavy (non-hydrogen) atoms. The van der Waals surface area contributed by atoms with Crippen molar-refractivity contribution in [3.8, 4) is 5.75 Å². The van der Waals surface area contributed by atoms with E-state index in [2.05, 4.69) is 8.75 Å². The molecule has 0 N–H and O–H groups in total. The van der Waals surface area contributed by atoms with E-state index >= 15 is 0 Å². The molecule has 3 heterocycles. The predicted molar refractivity (Wildman–Crippen MR) is 131 cm³/mol. The zero-order valence-electron chi connectivity index (χ0n) is 19.7. The molecule has 2 aliphatic rings. The number of benzene rings is 2. The Morgan fingerprint density at radius 1 is 1.20 bits per heavy atom. The topological polar surface area (TPSA) is 90.8 Å². The average molecular weight is 494 g/mol. The Kier molecular flexibility index (Phi) is 6.79. The fourth-order valence-corrected chi connectivity index (χ4v) is 5.35. The third-order valence-electron chi connectivity index (χ3n) is 6.68. The van der Waals surface area contributed by atoms with E-state index in [-0.39, 0.29) is 25.0 Å². The molecular weight excluding hydrogens is 466 g/mol. The Morgan fingerprint density at radius 3 is 2.83 bits per heavy atom. The number of rotatable bonds is 7. The molecule has 9 heteroatoms. The van der Waals surface area contributed by atoms with Crippen molar-refractivity contribution in [1.82, 2.24) is 13.6 Å². The van der Waals surface area contributed by atoms with Gasteiger partial charge < -0.3 is 19.1 Å². The fraction of sp³-hybridized carbons (Fsp3) is 0.385. The summed E-state index contributed by atoms with van der Waals surface area (Å²) in [6.45, 7) is 3.03. The summed E-state index contributed by atoms with van der Waals surface area (Å²) in [5, 5.41) is 0. The standard InChI is InChI=1S/C26H27N3O5S/c1-16-25(26(31)34-15-18-6-3-4-8-23(18)32-2)20(17-9-10-21-22(12-17)28-35-27-21)13-24(30)29(16)14-19-7-5-11-33-19/h3-4,6,8-10,12,19-20H,5,7,11,13-15H2,1-2H3/t19-,20+/m0/s1. The monoisotopic (exact) mass is 493 g/mol. The van der Waals surface area contributed by atoms with Crippen LogP contribution in [0.2, 0.25) is 0 Å². The van der Waals surface area contributed by atoms with Gasteiger partial charge >= 0.3 is 5.97 Å². The molecule has 0 spiro atoms. The van der Waals surface area contributed by atoms with Crippen LogP contribution in [-0.4, -0.2) is 51.9 Å². The molecule has 2 aliphatic heterocycles. The largest absolute Gasteiger partial charge is 0.496 e. The number of esters is 1. The lowest BCUT2D eigenvalue weighted by Gasteiger charge is -2.35. The minimum atomic E-state index is -0.445. The summed E-state index contributed by atoms with van der Waals surface area (Å²) in [4.78, 5) is 28.5. The Bertz CT molecular complexity index is 1280. The molecule has 0 unspecified atom stereocenters. The molecule has 0 radical (unpaired) electrons. The summed E-state index contributed by atoms with van der Waals surface area (Å²) < 4.78 is 25.5. The van der Waals surface area contributed by atoms with Crippen molar-refractivity contribution >= 4 is 34.6 Å². The van der Waals surface area contributed by atoms with Crippen LogP contribution in [0.4, 0.5) is 0 Å². The van der Waals surface area contributed by atoms with E-state index in [1.807, 2.05) is 49.4 Å². The number of methoxy groups -OCH3 is 1. The van der Waals surface area contributed by atoms with Crippen LogP contribution in [0.1, 0.15) is 43.2 Å². The van der Waals surface area contributed by atoms with Crippen LogP contribution >= 0.6 is 11.7 Å². The summed E-state index contributed by atoms with van der Waals surface area (Å²) >= 11 is 1.14. The number of aromatic nitrogens is 2. The Balaban J connectivity index is 1.48. The van der Waals surface area contributed by atoms with Crippen LogP contribution in [0.15, 0.2) is 53.7 Å². The van der Waals surface area contributed by atoms with E-state index in [9.17, 15) is 9.59 Å². The highest BCUT2D eigenvalue weighted by molar-refractivity contribution is 7.00. The summed E-state index contributed by atoms with van der Waals surface area (Å²) in [6.07, 6.45) is 2.04. The van der Waals surface area contributed by atoms with Gasteiger partial charge in [-0.2, -0.15) is 8.75 Å². The van der Waals surface area contributed by atoms with Crippen molar-refractivity contribution in [3.63, 3.8) is 0 Å².